The molecule has 0 spiro atoms. The SMILES string of the molecule is Nc1ccc(OCCOCCOCCOCCOCCOCCOCCC(=O)Oc2c(F)c(F)c(F)c(F)c2F)cc1. The summed E-state index contributed by atoms with van der Waals surface area (Å²) in [5, 5.41) is 0. The van der Waals surface area contributed by atoms with Gasteiger partial charge in [-0.3, -0.25) is 4.79 Å². The number of ether oxygens (including phenoxy) is 8. The van der Waals surface area contributed by atoms with Crippen molar-refractivity contribution >= 4 is 11.7 Å². The van der Waals surface area contributed by atoms with Crippen molar-refractivity contribution in [3.63, 3.8) is 0 Å². The molecule has 0 unspecified atom stereocenters. The van der Waals surface area contributed by atoms with E-state index < -0.39 is 47.2 Å². The van der Waals surface area contributed by atoms with E-state index in [4.69, 9.17) is 38.9 Å². The number of benzene rings is 2. The fraction of sp³-hybridized carbons (Fsp3) is 0.519. The number of carbonyl (C=O) groups is 1. The summed E-state index contributed by atoms with van der Waals surface area (Å²) in [4.78, 5) is 11.6. The molecule has 0 fully saturated rings. The molecule has 2 N–H and O–H groups in total. The lowest BCUT2D eigenvalue weighted by Gasteiger charge is -2.09. The number of carbonyl (C=O) groups excluding carboxylic acids is 1. The third-order valence-corrected chi connectivity index (χ3v) is 5.07. The monoisotopic (exact) mass is 611 g/mol. The molecule has 2 rings (SSSR count). The van der Waals surface area contributed by atoms with Crippen LogP contribution in [0.5, 0.6) is 11.5 Å². The Balaban J connectivity index is 1.31. The lowest BCUT2D eigenvalue weighted by molar-refractivity contribution is -0.136. The van der Waals surface area contributed by atoms with Crippen LogP contribution in [0, 0.1) is 29.1 Å². The molecule has 0 aliphatic heterocycles. The smallest absolute Gasteiger partial charge is 0.313 e. The number of rotatable bonds is 23. The van der Waals surface area contributed by atoms with E-state index in [0.29, 0.717) is 65.1 Å². The van der Waals surface area contributed by atoms with Crippen LogP contribution in [-0.2, 0) is 33.2 Å². The van der Waals surface area contributed by atoms with E-state index in [1.165, 1.54) is 0 Å². The number of nitrogen functional groups attached to an aromatic ring is 1. The summed E-state index contributed by atoms with van der Waals surface area (Å²) in [7, 11) is 0. The van der Waals surface area contributed by atoms with Gasteiger partial charge in [0.2, 0.25) is 34.8 Å². The molecular formula is C27H34F5NO9. The van der Waals surface area contributed by atoms with Crippen molar-refractivity contribution in [2.24, 2.45) is 0 Å². The Morgan fingerprint density at radius 1 is 0.524 bits per heavy atom. The van der Waals surface area contributed by atoms with Gasteiger partial charge < -0.3 is 43.6 Å². The Hall–Kier alpha value is -3.08. The second-order valence-electron chi connectivity index (χ2n) is 8.21. The maximum Gasteiger partial charge on any atom is 0.313 e. The average molecular weight is 612 g/mol. The van der Waals surface area contributed by atoms with Gasteiger partial charge in [0.1, 0.15) is 12.4 Å². The topological polar surface area (TPSA) is 117 Å². The Labute approximate surface area is 239 Å². The van der Waals surface area contributed by atoms with E-state index in [9.17, 15) is 26.7 Å². The summed E-state index contributed by atoms with van der Waals surface area (Å²) in [6.45, 7) is 3.94. The minimum Gasteiger partial charge on any atom is -0.491 e. The second-order valence-corrected chi connectivity index (χ2v) is 8.21. The lowest BCUT2D eigenvalue weighted by Crippen LogP contribution is -2.16. The van der Waals surface area contributed by atoms with Crippen LogP contribution in [0.1, 0.15) is 6.42 Å². The van der Waals surface area contributed by atoms with Crippen molar-refractivity contribution in [1.82, 2.24) is 0 Å². The second kappa shape index (κ2) is 20.7. The lowest BCUT2D eigenvalue weighted by atomic mass is 10.2. The van der Waals surface area contributed by atoms with E-state index in [-0.39, 0.29) is 26.4 Å². The van der Waals surface area contributed by atoms with Crippen molar-refractivity contribution in [2.45, 2.75) is 6.42 Å². The predicted molar refractivity (Wildman–Crippen MR) is 138 cm³/mol. The molecule has 2 aromatic carbocycles. The van der Waals surface area contributed by atoms with Crippen LogP contribution < -0.4 is 15.2 Å². The van der Waals surface area contributed by atoms with Gasteiger partial charge in [-0.15, -0.1) is 0 Å². The van der Waals surface area contributed by atoms with Crippen molar-refractivity contribution in [2.75, 3.05) is 91.6 Å². The van der Waals surface area contributed by atoms with Gasteiger partial charge in [-0.05, 0) is 24.3 Å². The van der Waals surface area contributed by atoms with Crippen LogP contribution in [0.25, 0.3) is 0 Å². The maximum atomic E-state index is 13.5. The van der Waals surface area contributed by atoms with E-state index in [0.717, 1.165) is 5.75 Å². The van der Waals surface area contributed by atoms with Crippen LogP contribution in [-0.4, -0.2) is 91.9 Å². The first-order valence-corrected chi connectivity index (χ1v) is 13.0. The van der Waals surface area contributed by atoms with Crippen LogP contribution in [0.15, 0.2) is 24.3 Å². The summed E-state index contributed by atoms with van der Waals surface area (Å²) >= 11 is 0. The average Bonchev–Trinajstić information content (AvgIpc) is 2.99. The van der Waals surface area contributed by atoms with E-state index in [2.05, 4.69) is 4.74 Å². The third-order valence-electron chi connectivity index (χ3n) is 5.07. The molecule has 0 atom stereocenters. The van der Waals surface area contributed by atoms with Crippen molar-refractivity contribution in [3.05, 3.63) is 53.4 Å². The first kappa shape index (κ1) is 35.1. The number of esters is 1. The van der Waals surface area contributed by atoms with Crippen LogP contribution >= 0.6 is 0 Å². The van der Waals surface area contributed by atoms with Crippen LogP contribution in [0.3, 0.4) is 0 Å². The highest BCUT2D eigenvalue weighted by atomic mass is 19.2. The van der Waals surface area contributed by atoms with Gasteiger partial charge in [0.05, 0.1) is 85.7 Å². The number of halogens is 5. The standard InChI is InChI=1S/C27H34F5NO9/c28-22-23(29)25(31)27(26(32)24(22)30)42-21(34)5-6-35-7-8-36-9-10-37-11-12-38-13-14-39-15-16-40-17-18-41-20-3-1-19(33)2-4-20/h1-4H,5-18,33H2. The molecule has 0 amide bonds. The molecule has 0 aliphatic carbocycles. The molecule has 0 radical (unpaired) electrons. The van der Waals surface area contributed by atoms with Crippen LogP contribution in [0.4, 0.5) is 27.6 Å². The van der Waals surface area contributed by atoms with Gasteiger partial charge in [-0.2, -0.15) is 8.78 Å². The van der Waals surface area contributed by atoms with Gasteiger partial charge in [0, 0.05) is 5.69 Å². The van der Waals surface area contributed by atoms with Gasteiger partial charge >= 0.3 is 5.97 Å². The van der Waals surface area contributed by atoms with Gasteiger partial charge in [-0.1, -0.05) is 0 Å². The van der Waals surface area contributed by atoms with Crippen LogP contribution in [0.2, 0.25) is 0 Å². The molecule has 0 heterocycles. The van der Waals surface area contributed by atoms with Gasteiger partial charge in [0.15, 0.2) is 0 Å². The summed E-state index contributed by atoms with van der Waals surface area (Å²) in [5.41, 5.74) is 6.28. The molecular weight excluding hydrogens is 577 g/mol. The zero-order valence-corrected chi connectivity index (χ0v) is 22.9. The highest BCUT2D eigenvalue weighted by Crippen LogP contribution is 2.29. The van der Waals surface area contributed by atoms with Crippen molar-refractivity contribution in [1.29, 1.82) is 0 Å². The molecule has 15 heteroatoms. The molecule has 0 aromatic heterocycles. The highest BCUT2D eigenvalue weighted by Gasteiger charge is 2.28. The Kier molecular flexibility index (Phi) is 17.3. The number of hydrogen-bond donors (Lipinski definition) is 1. The number of hydrogen-bond acceptors (Lipinski definition) is 10. The minimum absolute atomic E-state index is 0.0847. The summed E-state index contributed by atoms with van der Waals surface area (Å²) in [5.74, 6) is -13.4. The number of anilines is 1. The largest absolute Gasteiger partial charge is 0.491 e. The molecule has 10 nitrogen and oxygen atoms in total. The zero-order chi connectivity index (χ0) is 30.6. The first-order chi connectivity index (χ1) is 20.3. The van der Waals surface area contributed by atoms with E-state index in [1.54, 1.807) is 24.3 Å². The molecule has 42 heavy (non-hydrogen) atoms. The molecule has 2 aromatic rings. The molecule has 0 saturated carbocycles. The summed E-state index contributed by atoms with van der Waals surface area (Å²) in [6, 6.07) is 7.11. The molecule has 0 bridgehead atoms. The minimum atomic E-state index is -2.35. The first-order valence-electron chi connectivity index (χ1n) is 13.0. The van der Waals surface area contributed by atoms with Gasteiger partial charge in [-0.25, -0.2) is 13.2 Å². The Morgan fingerprint density at radius 3 is 1.31 bits per heavy atom. The van der Waals surface area contributed by atoms with Crippen molar-refractivity contribution in [3.8, 4) is 11.5 Å². The fourth-order valence-electron chi connectivity index (χ4n) is 2.98. The zero-order valence-electron chi connectivity index (χ0n) is 22.9. The Bertz CT molecular complexity index is 1030. The van der Waals surface area contributed by atoms with E-state index >= 15 is 0 Å². The summed E-state index contributed by atoms with van der Waals surface area (Å²) in [6.07, 6.45) is -0.483. The quantitative estimate of drug-likeness (QED) is 0.0381. The summed E-state index contributed by atoms with van der Waals surface area (Å²) < 4.78 is 108. The Morgan fingerprint density at radius 2 is 0.881 bits per heavy atom. The molecule has 0 aliphatic rings. The van der Waals surface area contributed by atoms with Gasteiger partial charge in [0.25, 0.3) is 0 Å². The third kappa shape index (κ3) is 13.7. The van der Waals surface area contributed by atoms with E-state index in [1.807, 2.05) is 0 Å². The number of nitrogens with two attached hydrogens (primary N) is 1. The predicted octanol–water partition coefficient (Wildman–Crippen LogP) is 3.44. The highest BCUT2D eigenvalue weighted by molar-refractivity contribution is 5.72. The van der Waals surface area contributed by atoms with Crippen molar-refractivity contribution < 1.29 is 64.6 Å². The fourth-order valence-corrected chi connectivity index (χ4v) is 2.98. The molecule has 236 valence electrons. The normalized spacial score (nSPS) is 11.2. The maximum absolute atomic E-state index is 13.5. The molecule has 0 saturated heterocycles.